The van der Waals surface area contributed by atoms with Crippen LogP contribution in [-0.4, -0.2) is 24.5 Å². The molecule has 0 spiro atoms. The summed E-state index contributed by atoms with van der Waals surface area (Å²) in [4.78, 5) is 22.1. The minimum Gasteiger partial charge on any atom is -0.481 e. The molecule has 0 radical (unpaired) electrons. The van der Waals surface area contributed by atoms with E-state index in [-0.39, 0.29) is 6.54 Å². The molecule has 0 aliphatic heterocycles. The zero-order chi connectivity index (χ0) is 13.7. The third kappa shape index (κ3) is 4.25. The van der Waals surface area contributed by atoms with Crippen LogP contribution in [0, 0.1) is 6.92 Å². The number of ether oxygens (including phenoxy) is 1. The molecule has 0 aliphatic carbocycles. The molecule has 0 heterocycles. The highest BCUT2D eigenvalue weighted by molar-refractivity contribution is 6.30. The number of nitrogens with two attached hydrogens (primary N) is 1. The van der Waals surface area contributed by atoms with E-state index >= 15 is 0 Å². The number of hydrogen-bond donors (Lipinski definition) is 2. The van der Waals surface area contributed by atoms with Crippen molar-refractivity contribution in [3.8, 4) is 5.75 Å². The van der Waals surface area contributed by atoms with Crippen LogP contribution in [0.15, 0.2) is 18.2 Å². The molecule has 6 heteroatoms. The molecular formula is C12H15ClN2O3. The van der Waals surface area contributed by atoms with Gasteiger partial charge in [-0.15, -0.1) is 0 Å². The lowest BCUT2D eigenvalue weighted by molar-refractivity contribution is -0.129. The van der Waals surface area contributed by atoms with Crippen molar-refractivity contribution in [1.29, 1.82) is 0 Å². The van der Waals surface area contributed by atoms with Crippen LogP contribution in [0.25, 0.3) is 0 Å². The van der Waals surface area contributed by atoms with E-state index in [1.54, 1.807) is 25.1 Å². The van der Waals surface area contributed by atoms with E-state index in [2.05, 4.69) is 5.32 Å². The minimum absolute atomic E-state index is 0.202. The zero-order valence-corrected chi connectivity index (χ0v) is 11.0. The number of halogens is 1. The first-order chi connectivity index (χ1) is 8.40. The van der Waals surface area contributed by atoms with Crippen molar-refractivity contribution < 1.29 is 14.3 Å². The van der Waals surface area contributed by atoms with Gasteiger partial charge < -0.3 is 15.8 Å². The second kappa shape index (κ2) is 6.26. The van der Waals surface area contributed by atoms with Crippen LogP contribution in [0.4, 0.5) is 0 Å². The fraction of sp³-hybridized carbons (Fsp3) is 0.333. The number of carbonyl (C=O) groups excluding carboxylic acids is 2. The van der Waals surface area contributed by atoms with Gasteiger partial charge in [-0.3, -0.25) is 9.59 Å². The molecule has 1 aromatic carbocycles. The van der Waals surface area contributed by atoms with Crippen LogP contribution < -0.4 is 15.8 Å². The molecule has 1 atom stereocenters. The van der Waals surface area contributed by atoms with Gasteiger partial charge in [-0.25, -0.2) is 0 Å². The van der Waals surface area contributed by atoms with Crippen LogP contribution in [0.1, 0.15) is 12.5 Å². The van der Waals surface area contributed by atoms with Crippen LogP contribution in [0.5, 0.6) is 5.75 Å². The first-order valence-electron chi connectivity index (χ1n) is 5.39. The fourth-order valence-electron chi connectivity index (χ4n) is 1.31. The van der Waals surface area contributed by atoms with E-state index in [9.17, 15) is 9.59 Å². The van der Waals surface area contributed by atoms with Gasteiger partial charge >= 0.3 is 0 Å². The van der Waals surface area contributed by atoms with Crippen molar-refractivity contribution >= 4 is 23.4 Å². The highest BCUT2D eigenvalue weighted by Crippen LogP contribution is 2.22. The average Bonchev–Trinajstić information content (AvgIpc) is 2.29. The van der Waals surface area contributed by atoms with Crippen molar-refractivity contribution in [2.75, 3.05) is 6.54 Å². The molecule has 0 bridgehead atoms. The lowest BCUT2D eigenvalue weighted by atomic mass is 10.2. The topological polar surface area (TPSA) is 81.4 Å². The molecular weight excluding hydrogens is 256 g/mol. The molecule has 0 aromatic heterocycles. The second-order valence-electron chi connectivity index (χ2n) is 3.85. The number of benzene rings is 1. The van der Waals surface area contributed by atoms with Crippen molar-refractivity contribution in [2.24, 2.45) is 5.73 Å². The van der Waals surface area contributed by atoms with Gasteiger partial charge in [-0.1, -0.05) is 11.6 Å². The normalized spacial score (nSPS) is 11.7. The Morgan fingerprint density at radius 3 is 2.72 bits per heavy atom. The second-order valence-corrected chi connectivity index (χ2v) is 4.29. The number of nitrogens with one attached hydrogen (secondary N) is 1. The number of carbonyl (C=O) groups is 2. The van der Waals surface area contributed by atoms with E-state index < -0.39 is 17.9 Å². The molecule has 18 heavy (non-hydrogen) atoms. The number of rotatable bonds is 5. The summed E-state index contributed by atoms with van der Waals surface area (Å²) in [5, 5.41) is 2.97. The van der Waals surface area contributed by atoms with Crippen LogP contribution in [0.2, 0.25) is 5.02 Å². The smallest absolute Gasteiger partial charge is 0.261 e. The van der Waals surface area contributed by atoms with Crippen LogP contribution in [-0.2, 0) is 9.59 Å². The molecule has 1 rings (SSSR count). The molecule has 0 saturated carbocycles. The van der Waals surface area contributed by atoms with Gasteiger partial charge in [0.1, 0.15) is 5.75 Å². The largest absolute Gasteiger partial charge is 0.481 e. The lowest BCUT2D eigenvalue weighted by Gasteiger charge is -2.15. The van der Waals surface area contributed by atoms with E-state index in [0.29, 0.717) is 10.8 Å². The van der Waals surface area contributed by atoms with Crippen LogP contribution in [0.3, 0.4) is 0 Å². The molecule has 1 aromatic rings. The Labute approximate surface area is 110 Å². The van der Waals surface area contributed by atoms with Gasteiger partial charge in [-0.2, -0.15) is 0 Å². The maximum atomic E-state index is 11.6. The Morgan fingerprint density at radius 2 is 2.17 bits per heavy atom. The predicted octanol–water partition coefficient (Wildman–Crippen LogP) is 1.02. The standard InChI is InChI=1S/C12H15ClN2O3/c1-7-5-9(13)3-4-10(7)18-8(2)12(17)15-6-11(14)16/h3-5,8H,6H2,1-2H3,(H2,14,16)(H,15,17). The van der Waals surface area contributed by atoms with Crippen molar-refractivity contribution in [2.45, 2.75) is 20.0 Å². The van der Waals surface area contributed by atoms with Crippen molar-refractivity contribution in [1.82, 2.24) is 5.32 Å². The SMILES string of the molecule is Cc1cc(Cl)ccc1OC(C)C(=O)NCC(N)=O. The molecule has 0 saturated heterocycles. The molecule has 5 nitrogen and oxygen atoms in total. The number of amides is 2. The van der Waals surface area contributed by atoms with Crippen molar-refractivity contribution in [3.05, 3.63) is 28.8 Å². The number of primary amides is 1. The first kappa shape index (κ1) is 14.3. The monoisotopic (exact) mass is 270 g/mol. The maximum Gasteiger partial charge on any atom is 0.261 e. The quantitative estimate of drug-likeness (QED) is 0.838. The van der Waals surface area contributed by atoms with Gasteiger partial charge in [0.15, 0.2) is 6.10 Å². The van der Waals surface area contributed by atoms with E-state index in [4.69, 9.17) is 22.1 Å². The summed E-state index contributed by atoms with van der Waals surface area (Å²) in [5.74, 6) is -0.428. The van der Waals surface area contributed by atoms with E-state index in [1.165, 1.54) is 0 Å². The Bertz CT molecular complexity index is 463. The summed E-state index contributed by atoms with van der Waals surface area (Å²) >= 11 is 5.81. The van der Waals surface area contributed by atoms with E-state index in [1.807, 2.05) is 6.92 Å². The number of hydrogen-bond acceptors (Lipinski definition) is 3. The average molecular weight is 271 g/mol. The van der Waals surface area contributed by atoms with E-state index in [0.717, 1.165) is 5.56 Å². The summed E-state index contributed by atoms with van der Waals surface area (Å²) in [7, 11) is 0. The minimum atomic E-state index is -0.718. The number of aryl methyl sites for hydroxylation is 1. The molecule has 2 amide bonds. The van der Waals surface area contributed by atoms with Gasteiger partial charge in [0, 0.05) is 5.02 Å². The molecule has 1 unspecified atom stereocenters. The summed E-state index contributed by atoms with van der Waals surface area (Å²) in [6.45, 7) is 3.21. The Morgan fingerprint density at radius 1 is 1.50 bits per heavy atom. The molecule has 3 N–H and O–H groups in total. The Kier molecular flexibility index (Phi) is 4.97. The Balaban J connectivity index is 2.60. The summed E-state index contributed by atoms with van der Waals surface area (Å²) < 4.78 is 5.47. The first-order valence-corrected chi connectivity index (χ1v) is 5.76. The van der Waals surface area contributed by atoms with Crippen molar-refractivity contribution in [3.63, 3.8) is 0 Å². The third-order valence-corrected chi connectivity index (χ3v) is 2.48. The Hall–Kier alpha value is -1.75. The fourth-order valence-corrected chi connectivity index (χ4v) is 1.53. The predicted molar refractivity (Wildman–Crippen MR) is 68.5 cm³/mol. The van der Waals surface area contributed by atoms with Gasteiger partial charge in [-0.05, 0) is 37.6 Å². The molecule has 0 fully saturated rings. The summed E-state index contributed by atoms with van der Waals surface area (Å²) in [6, 6.07) is 5.11. The highest BCUT2D eigenvalue weighted by Gasteiger charge is 2.15. The zero-order valence-electron chi connectivity index (χ0n) is 10.2. The summed E-state index contributed by atoms with van der Waals surface area (Å²) in [6.07, 6.45) is -0.718. The van der Waals surface area contributed by atoms with Crippen LogP contribution >= 0.6 is 11.6 Å². The molecule has 98 valence electrons. The van der Waals surface area contributed by atoms with Gasteiger partial charge in [0.2, 0.25) is 5.91 Å². The highest BCUT2D eigenvalue weighted by atomic mass is 35.5. The van der Waals surface area contributed by atoms with Gasteiger partial charge in [0.05, 0.1) is 6.54 Å². The summed E-state index contributed by atoms with van der Waals surface area (Å²) in [5.41, 5.74) is 5.76. The molecule has 0 aliphatic rings. The van der Waals surface area contributed by atoms with Gasteiger partial charge in [0.25, 0.3) is 5.91 Å². The maximum absolute atomic E-state index is 11.6. The lowest BCUT2D eigenvalue weighted by Crippen LogP contribution is -2.40. The third-order valence-electron chi connectivity index (χ3n) is 2.25.